The monoisotopic (exact) mass is 262 g/mol. The van der Waals surface area contributed by atoms with E-state index in [1.165, 1.54) is 35.6 Å². The Labute approximate surface area is 121 Å². The van der Waals surface area contributed by atoms with Crippen molar-refractivity contribution in [1.82, 2.24) is 0 Å². The van der Waals surface area contributed by atoms with E-state index >= 15 is 0 Å². The average molecular weight is 262 g/mol. The van der Waals surface area contributed by atoms with E-state index in [4.69, 9.17) is 4.99 Å². The summed E-state index contributed by atoms with van der Waals surface area (Å²) >= 11 is 0. The lowest BCUT2D eigenvalue weighted by atomic mass is 9.85. The maximum atomic E-state index is 4.78. The molecular formula is C19H20N. The second kappa shape index (κ2) is 6.51. The Hall–Kier alpha value is -1.89. The zero-order chi connectivity index (χ0) is 13.6. The van der Waals surface area contributed by atoms with Crippen molar-refractivity contribution in [2.75, 3.05) is 6.54 Å². The minimum absolute atomic E-state index is 0.976. The second-order valence-electron chi connectivity index (χ2n) is 5.29. The van der Waals surface area contributed by atoms with Crippen molar-refractivity contribution in [3.8, 4) is 0 Å². The maximum Gasteiger partial charge on any atom is 0.0524 e. The molecule has 3 rings (SSSR count). The van der Waals surface area contributed by atoms with Crippen LogP contribution in [0.1, 0.15) is 30.4 Å². The van der Waals surface area contributed by atoms with Crippen molar-refractivity contribution in [3.05, 3.63) is 77.7 Å². The molecule has 0 spiro atoms. The van der Waals surface area contributed by atoms with Gasteiger partial charge in [-0.05, 0) is 36.8 Å². The molecule has 1 radical (unpaired) electrons. The van der Waals surface area contributed by atoms with Crippen molar-refractivity contribution < 1.29 is 0 Å². The summed E-state index contributed by atoms with van der Waals surface area (Å²) in [5, 5.41) is 0. The fourth-order valence-corrected chi connectivity index (χ4v) is 2.75. The predicted octanol–water partition coefficient (Wildman–Crippen LogP) is 4.48. The summed E-state index contributed by atoms with van der Waals surface area (Å²) in [5.74, 6) is 1.40. The maximum absolute atomic E-state index is 4.78. The van der Waals surface area contributed by atoms with Crippen LogP contribution in [0.25, 0.3) is 0 Å². The van der Waals surface area contributed by atoms with Gasteiger partial charge in [0.15, 0.2) is 0 Å². The standard InChI is InChI=1S/C19H20N/c1-3-9-16(10-4-1)15-18(17-11-5-2-6-12-17)19-13-7-8-14-20-19/h1-6,9-12H,7-8,13-15H2. The molecule has 2 aromatic carbocycles. The molecular weight excluding hydrogens is 242 g/mol. The van der Waals surface area contributed by atoms with E-state index in [2.05, 4.69) is 60.7 Å². The Balaban J connectivity index is 1.89. The molecule has 0 N–H and O–H groups in total. The number of benzene rings is 2. The first-order chi connectivity index (χ1) is 9.93. The Morgan fingerprint density at radius 3 is 2.20 bits per heavy atom. The Kier molecular flexibility index (Phi) is 4.27. The summed E-state index contributed by atoms with van der Waals surface area (Å²) < 4.78 is 0. The van der Waals surface area contributed by atoms with Crippen LogP contribution in [0.4, 0.5) is 0 Å². The third-order valence-electron chi connectivity index (χ3n) is 3.82. The molecule has 0 atom stereocenters. The highest BCUT2D eigenvalue weighted by Gasteiger charge is 2.20. The van der Waals surface area contributed by atoms with Gasteiger partial charge < -0.3 is 0 Å². The molecule has 1 heteroatoms. The number of nitrogens with zero attached hydrogens (tertiary/aromatic N) is 1. The molecule has 0 amide bonds. The number of rotatable bonds is 4. The van der Waals surface area contributed by atoms with Gasteiger partial charge in [0.25, 0.3) is 0 Å². The average Bonchev–Trinajstić information content (AvgIpc) is 2.55. The Morgan fingerprint density at radius 2 is 1.55 bits per heavy atom. The summed E-state index contributed by atoms with van der Waals surface area (Å²) in [5.41, 5.74) is 3.99. The third kappa shape index (κ3) is 3.16. The highest BCUT2D eigenvalue weighted by molar-refractivity contribution is 6.01. The van der Waals surface area contributed by atoms with Crippen LogP contribution in [0.3, 0.4) is 0 Å². The van der Waals surface area contributed by atoms with E-state index in [0.717, 1.165) is 19.4 Å². The first kappa shape index (κ1) is 13.1. The quantitative estimate of drug-likeness (QED) is 0.770. The minimum Gasteiger partial charge on any atom is -0.293 e. The first-order valence-corrected chi connectivity index (χ1v) is 7.42. The minimum atomic E-state index is 0.976. The van der Waals surface area contributed by atoms with Crippen molar-refractivity contribution in [1.29, 1.82) is 0 Å². The number of hydrogen-bond acceptors (Lipinski definition) is 1. The van der Waals surface area contributed by atoms with Crippen molar-refractivity contribution in [3.63, 3.8) is 0 Å². The molecule has 1 nitrogen and oxygen atoms in total. The van der Waals surface area contributed by atoms with Gasteiger partial charge in [-0.1, -0.05) is 60.7 Å². The number of aliphatic imine (C=N–C) groups is 1. The third-order valence-corrected chi connectivity index (χ3v) is 3.82. The van der Waals surface area contributed by atoms with Crippen LogP contribution in [0.2, 0.25) is 0 Å². The highest BCUT2D eigenvalue weighted by Crippen LogP contribution is 2.26. The summed E-state index contributed by atoms with van der Waals surface area (Å²) in [4.78, 5) is 4.78. The van der Waals surface area contributed by atoms with E-state index in [1.807, 2.05) is 0 Å². The summed E-state index contributed by atoms with van der Waals surface area (Å²) in [6, 6.07) is 21.4. The molecule has 0 bridgehead atoms. The Bertz CT molecular complexity index is 557. The smallest absolute Gasteiger partial charge is 0.0524 e. The molecule has 0 unspecified atom stereocenters. The normalized spacial score (nSPS) is 15.2. The Morgan fingerprint density at radius 1 is 0.850 bits per heavy atom. The predicted molar refractivity (Wildman–Crippen MR) is 85.1 cm³/mol. The van der Waals surface area contributed by atoms with Crippen LogP contribution in [0.5, 0.6) is 0 Å². The van der Waals surface area contributed by atoms with Gasteiger partial charge in [0.2, 0.25) is 0 Å². The van der Waals surface area contributed by atoms with Gasteiger partial charge in [-0.15, -0.1) is 0 Å². The molecule has 0 fully saturated rings. The van der Waals surface area contributed by atoms with Crippen LogP contribution in [-0.4, -0.2) is 12.3 Å². The molecule has 0 saturated heterocycles. The van der Waals surface area contributed by atoms with Gasteiger partial charge in [-0.2, -0.15) is 0 Å². The van der Waals surface area contributed by atoms with Crippen molar-refractivity contribution in [2.24, 2.45) is 4.99 Å². The summed E-state index contributed by atoms with van der Waals surface area (Å²) in [6.45, 7) is 0.987. The van der Waals surface area contributed by atoms with Gasteiger partial charge in [-0.3, -0.25) is 4.99 Å². The van der Waals surface area contributed by atoms with E-state index in [-0.39, 0.29) is 0 Å². The van der Waals surface area contributed by atoms with Gasteiger partial charge in [0.1, 0.15) is 0 Å². The largest absolute Gasteiger partial charge is 0.293 e. The lowest BCUT2D eigenvalue weighted by molar-refractivity contribution is 0.730. The molecule has 0 aromatic heterocycles. The van der Waals surface area contributed by atoms with Gasteiger partial charge in [0, 0.05) is 12.3 Å². The van der Waals surface area contributed by atoms with Crippen LogP contribution in [0, 0.1) is 5.92 Å². The zero-order valence-corrected chi connectivity index (χ0v) is 11.8. The first-order valence-electron chi connectivity index (χ1n) is 7.42. The number of hydrogen-bond donors (Lipinski definition) is 0. The molecule has 1 heterocycles. The van der Waals surface area contributed by atoms with E-state index in [1.54, 1.807) is 0 Å². The van der Waals surface area contributed by atoms with Gasteiger partial charge in [-0.25, -0.2) is 0 Å². The van der Waals surface area contributed by atoms with Crippen molar-refractivity contribution >= 4 is 5.71 Å². The second-order valence-corrected chi connectivity index (χ2v) is 5.29. The molecule has 2 aromatic rings. The van der Waals surface area contributed by atoms with Crippen molar-refractivity contribution in [2.45, 2.75) is 25.7 Å². The lowest BCUT2D eigenvalue weighted by Gasteiger charge is -2.22. The summed E-state index contributed by atoms with van der Waals surface area (Å²) in [6.07, 6.45) is 4.60. The van der Waals surface area contributed by atoms with E-state index in [9.17, 15) is 0 Å². The molecule has 1 aliphatic heterocycles. The zero-order valence-electron chi connectivity index (χ0n) is 11.8. The molecule has 20 heavy (non-hydrogen) atoms. The summed E-state index contributed by atoms with van der Waals surface area (Å²) in [7, 11) is 0. The molecule has 101 valence electrons. The SMILES string of the molecule is c1ccc(C[C](C2=NCCCC2)c2ccccc2)cc1. The molecule has 0 aliphatic carbocycles. The fourth-order valence-electron chi connectivity index (χ4n) is 2.75. The highest BCUT2D eigenvalue weighted by atomic mass is 14.8. The van der Waals surface area contributed by atoms with Crippen LogP contribution in [0.15, 0.2) is 65.7 Å². The molecule has 0 saturated carbocycles. The van der Waals surface area contributed by atoms with Gasteiger partial charge in [0.05, 0.1) is 5.92 Å². The topological polar surface area (TPSA) is 12.4 Å². The van der Waals surface area contributed by atoms with E-state index < -0.39 is 0 Å². The molecule has 1 aliphatic rings. The van der Waals surface area contributed by atoms with Gasteiger partial charge >= 0.3 is 0 Å². The van der Waals surface area contributed by atoms with E-state index in [0.29, 0.717) is 0 Å². The van der Waals surface area contributed by atoms with Crippen LogP contribution in [-0.2, 0) is 6.42 Å². The fraction of sp³-hybridized carbons (Fsp3) is 0.263. The van der Waals surface area contributed by atoms with Crippen LogP contribution < -0.4 is 0 Å². The van der Waals surface area contributed by atoms with Crippen LogP contribution >= 0.6 is 0 Å². The lowest BCUT2D eigenvalue weighted by Crippen LogP contribution is -2.19.